The molecule has 0 aromatic heterocycles. The van der Waals surface area contributed by atoms with E-state index in [9.17, 15) is 9.59 Å². The minimum Gasteiger partial charge on any atom is -0.493 e. The van der Waals surface area contributed by atoms with Crippen molar-refractivity contribution in [2.24, 2.45) is 0 Å². The summed E-state index contributed by atoms with van der Waals surface area (Å²) in [5, 5.41) is 11.7. The number of carbonyl (C=O) groups is 2. The lowest BCUT2D eigenvalue weighted by Crippen LogP contribution is -2.14. The van der Waals surface area contributed by atoms with Crippen LogP contribution in [0.15, 0.2) is 34.8 Å². The lowest BCUT2D eigenvalue weighted by atomic mass is 10.1. The Morgan fingerprint density at radius 3 is 2.28 bits per heavy atom. The van der Waals surface area contributed by atoms with Gasteiger partial charge in [0.2, 0.25) is 5.75 Å². The van der Waals surface area contributed by atoms with Gasteiger partial charge in [0.05, 0.1) is 36.9 Å². The number of carboxylic acids is 1. The van der Waals surface area contributed by atoms with Crippen LogP contribution in [0.1, 0.15) is 20.7 Å². The number of nitrogens with one attached hydrogen (secondary N) is 1. The number of amides is 1. The molecule has 8 heteroatoms. The molecule has 0 bridgehead atoms. The van der Waals surface area contributed by atoms with Gasteiger partial charge in [0.25, 0.3) is 5.91 Å². The Morgan fingerprint density at radius 2 is 1.72 bits per heavy atom. The molecule has 132 valence electrons. The fraction of sp³-hybridized carbons (Fsp3) is 0.176. The van der Waals surface area contributed by atoms with E-state index in [1.165, 1.54) is 39.5 Å². The van der Waals surface area contributed by atoms with Gasteiger partial charge in [0.15, 0.2) is 11.5 Å². The molecular formula is C17H16BrNO6. The van der Waals surface area contributed by atoms with Gasteiger partial charge in [0.1, 0.15) is 0 Å². The van der Waals surface area contributed by atoms with Crippen molar-refractivity contribution in [3.8, 4) is 17.2 Å². The molecule has 1 amide bonds. The van der Waals surface area contributed by atoms with E-state index in [0.29, 0.717) is 27.4 Å². The number of carbonyl (C=O) groups excluding carboxylic acids is 1. The molecule has 2 rings (SSSR count). The Bertz CT molecular complexity index is 821. The van der Waals surface area contributed by atoms with Gasteiger partial charge in [-0.15, -0.1) is 0 Å². The molecule has 0 heterocycles. The highest BCUT2D eigenvalue weighted by molar-refractivity contribution is 9.10. The van der Waals surface area contributed by atoms with E-state index in [1.54, 1.807) is 12.1 Å². The summed E-state index contributed by atoms with van der Waals surface area (Å²) in [6.45, 7) is 0. The largest absolute Gasteiger partial charge is 0.493 e. The second-order valence-corrected chi connectivity index (χ2v) is 5.64. The van der Waals surface area contributed by atoms with E-state index in [-0.39, 0.29) is 11.1 Å². The Balaban J connectivity index is 2.42. The van der Waals surface area contributed by atoms with Crippen molar-refractivity contribution in [1.29, 1.82) is 0 Å². The SMILES string of the molecule is COc1cc(C(=O)Nc2cccc(C(=O)O)c2)c(Br)c(OC)c1OC. The summed E-state index contributed by atoms with van der Waals surface area (Å²) >= 11 is 3.33. The summed E-state index contributed by atoms with van der Waals surface area (Å²) in [7, 11) is 4.35. The molecule has 0 fully saturated rings. The molecule has 7 nitrogen and oxygen atoms in total. The normalized spacial score (nSPS) is 10.1. The number of aromatic carboxylic acids is 1. The molecule has 0 aliphatic rings. The first-order valence-electron chi connectivity index (χ1n) is 7.06. The fourth-order valence-electron chi connectivity index (χ4n) is 2.21. The molecule has 0 aliphatic heterocycles. The fourth-order valence-corrected chi connectivity index (χ4v) is 2.85. The molecule has 2 N–H and O–H groups in total. The van der Waals surface area contributed by atoms with Crippen molar-refractivity contribution in [3.05, 3.63) is 45.9 Å². The van der Waals surface area contributed by atoms with Crippen molar-refractivity contribution in [2.45, 2.75) is 0 Å². The Labute approximate surface area is 152 Å². The van der Waals surface area contributed by atoms with Crippen LogP contribution in [0.2, 0.25) is 0 Å². The number of hydrogen-bond donors (Lipinski definition) is 2. The van der Waals surface area contributed by atoms with Crippen LogP contribution in [-0.4, -0.2) is 38.3 Å². The van der Waals surface area contributed by atoms with Crippen LogP contribution in [0.3, 0.4) is 0 Å². The lowest BCUT2D eigenvalue weighted by molar-refractivity contribution is 0.0696. The Kier molecular flexibility index (Phi) is 5.87. The number of carboxylic acid groups (broad SMARTS) is 1. The highest BCUT2D eigenvalue weighted by Gasteiger charge is 2.23. The summed E-state index contributed by atoms with van der Waals surface area (Å²) in [4.78, 5) is 23.6. The molecule has 2 aromatic rings. The van der Waals surface area contributed by atoms with Crippen LogP contribution < -0.4 is 19.5 Å². The van der Waals surface area contributed by atoms with Gasteiger partial charge >= 0.3 is 5.97 Å². The first-order chi connectivity index (χ1) is 11.9. The van der Waals surface area contributed by atoms with Crippen LogP contribution in [0, 0.1) is 0 Å². The van der Waals surface area contributed by atoms with Crippen molar-refractivity contribution in [2.75, 3.05) is 26.6 Å². The first kappa shape index (κ1) is 18.6. The summed E-state index contributed by atoms with van der Waals surface area (Å²) in [5.41, 5.74) is 0.669. The van der Waals surface area contributed by atoms with Crippen LogP contribution in [0.4, 0.5) is 5.69 Å². The standard InChI is InChI=1S/C17H16BrNO6/c1-23-12-8-11(13(18)15(25-3)14(12)24-2)16(20)19-10-6-4-5-9(7-10)17(21)22/h4-8H,1-3H3,(H,19,20)(H,21,22). The van der Waals surface area contributed by atoms with E-state index in [4.69, 9.17) is 19.3 Å². The maximum absolute atomic E-state index is 12.6. The first-order valence-corrected chi connectivity index (χ1v) is 7.85. The monoisotopic (exact) mass is 409 g/mol. The predicted molar refractivity (Wildman–Crippen MR) is 95.2 cm³/mol. The van der Waals surface area contributed by atoms with Gasteiger partial charge in [-0.1, -0.05) is 6.07 Å². The maximum Gasteiger partial charge on any atom is 0.335 e. The maximum atomic E-state index is 12.6. The summed E-state index contributed by atoms with van der Waals surface area (Å²) < 4.78 is 16.2. The molecule has 0 saturated heterocycles. The van der Waals surface area contributed by atoms with Crippen molar-refractivity contribution >= 4 is 33.5 Å². The summed E-state index contributed by atoms with van der Waals surface area (Å²) in [6, 6.07) is 7.45. The lowest BCUT2D eigenvalue weighted by Gasteiger charge is -2.16. The van der Waals surface area contributed by atoms with Crippen LogP contribution in [0.25, 0.3) is 0 Å². The average Bonchev–Trinajstić information content (AvgIpc) is 2.61. The average molecular weight is 410 g/mol. The Hall–Kier alpha value is -2.74. The van der Waals surface area contributed by atoms with Crippen LogP contribution >= 0.6 is 15.9 Å². The van der Waals surface area contributed by atoms with E-state index in [1.807, 2.05) is 0 Å². The van der Waals surface area contributed by atoms with Gasteiger partial charge in [-0.3, -0.25) is 4.79 Å². The van der Waals surface area contributed by atoms with Gasteiger partial charge in [-0.2, -0.15) is 0 Å². The number of halogens is 1. The summed E-state index contributed by atoms with van der Waals surface area (Å²) in [6.07, 6.45) is 0. The molecule has 0 radical (unpaired) electrons. The molecule has 0 aliphatic carbocycles. The molecule has 2 aromatic carbocycles. The Morgan fingerprint density at radius 1 is 1.04 bits per heavy atom. The number of methoxy groups -OCH3 is 3. The van der Waals surface area contributed by atoms with Crippen molar-refractivity contribution in [3.63, 3.8) is 0 Å². The topological polar surface area (TPSA) is 94.1 Å². The second kappa shape index (κ2) is 7.89. The quantitative estimate of drug-likeness (QED) is 0.758. The van der Waals surface area contributed by atoms with Crippen LogP contribution in [-0.2, 0) is 0 Å². The molecule has 0 spiro atoms. The number of ether oxygens (including phenoxy) is 3. The second-order valence-electron chi connectivity index (χ2n) is 4.85. The highest BCUT2D eigenvalue weighted by Crippen LogP contribution is 2.44. The summed E-state index contributed by atoms with van der Waals surface area (Å²) in [5.74, 6) is -0.557. The third kappa shape index (κ3) is 3.85. The molecular weight excluding hydrogens is 394 g/mol. The smallest absolute Gasteiger partial charge is 0.335 e. The highest BCUT2D eigenvalue weighted by atomic mass is 79.9. The number of hydrogen-bond acceptors (Lipinski definition) is 5. The molecule has 0 saturated carbocycles. The van der Waals surface area contributed by atoms with E-state index >= 15 is 0 Å². The number of rotatable bonds is 6. The third-order valence-corrected chi connectivity index (χ3v) is 4.17. The van der Waals surface area contributed by atoms with Gasteiger partial charge < -0.3 is 24.6 Å². The van der Waals surface area contributed by atoms with Crippen molar-refractivity contribution in [1.82, 2.24) is 0 Å². The van der Waals surface area contributed by atoms with Gasteiger partial charge in [0, 0.05) is 5.69 Å². The molecule has 0 atom stereocenters. The van der Waals surface area contributed by atoms with Crippen molar-refractivity contribution < 1.29 is 28.9 Å². The van der Waals surface area contributed by atoms with E-state index in [2.05, 4.69) is 21.2 Å². The number of anilines is 1. The zero-order valence-electron chi connectivity index (χ0n) is 13.8. The van der Waals surface area contributed by atoms with Gasteiger partial charge in [-0.25, -0.2) is 4.79 Å². The zero-order chi connectivity index (χ0) is 18.6. The predicted octanol–water partition coefficient (Wildman–Crippen LogP) is 3.43. The van der Waals surface area contributed by atoms with Crippen LogP contribution in [0.5, 0.6) is 17.2 Å². The number of benzene rings is 2. The molecule has 0 unspecified atom stereocenters. The van der Waals surface area contributed by atoms with E-state index < -0.39 is 11.9 Å². The molecule has 25 heavy (non-hydrogen) atoms. The minimum atomic E-state index is -1.08. The van der Waals surface area contributed by atoms with E-state index in [0.717, 1.165) is 0 Å². The third-order valence-electron chi connectivity index (χ3n) is 3.38. The minimum absolute atomic E-state index is 0.0711. The van der Waals surface area contributed by atoms with Gasteiger partial charge in [-0.05, 0) is 40.2 Å². The zero-order valence-corrected chi connectivity index (χ0v) is 15.3.